The third-order valence-corrected chi connectivity index (χ3v) is 2.76. The van der Waals surface area contributed by atoms with E-state index >= 15 is 0 Å². The van der Waals surface area contributed by atoms with Gasteiger partial charge in [-0.2, -0.15) is 8.42 Å². The van der Waals surface area contributed by atoms with Crippen LogP contribution in [-0.4, -0.2) is 27.1 Å². The van der Waals surface area contributed by atoms with Crippen LogP contribution in [0.25, 0.3) is 0 Å². The normalized spacial score (nSPS) is 12.6. The lowest BCUT2D eigenvalue weighted by Gasteiger charge is -2.12. The maximum absolute atomic E-state index is 8.74. The van der Waals surface area contributed by atoms with Crippen molar-refractivity contribution in [1.29, 1.82) is 0 Å². The molecule has 19 heavy (non-hydrogen) atoms. The lowest BCUT2D eigenvalue weighted by Crippen LogP contribution is -2.01. The summed E-state index contributed by atoms with van der Waals surface area (Å²) in [4.78, 5) is 4.06. The topological polar surface area (TPSA) is 92.4 Å². The van der Waals surface area contributed by atoms with Crippen molar-refractivity contribution >= 4 is 10.4 Å². The lowest BCUT2D eigenvalue weighted by molar-refractivity contribution is 0.381. The molecule has 1 heterocycles. The van der Waals surface area contributed by atoms with E-state index in [0.717, 1.165) is 0 Å². The SMILES string of the molecule is CCCCCCCC(C)n1ccnc1.O=S(=O)(O)O. The average Bonchev–Trinajstić information content (AvgIpc) is 2.79. The quantitative estimate of drug-likeness (QED) is 0.595. The minimum atomic E-state index is -4.67. The summed E-state index contributed by atoms with van der Waals surface area (Å²) in [6.07, 6.45) is 13.9. The van der Waals surface area contributed by atoms with Crippen molar-refractivity contribution in [1.82, 2.24) is 9.55 Å². The minimum absolute atomic E-state index is 0.610. The van der Waals surface area contributed by atoms with Gasteiger partial charge in [-0.1, -0.05) is 39.0 Å². The molecule has 1 atom stereocenters. The first-order valence-corrected chi connectivity index (χ1v) is 7.91. The van der Waals surface area contributed by atoms with Crippen LogP contribution in [-0.2, 0) is 10.4 Å². The first-order chi connectivity index (χ1) is 8.84. The number of unbranched alkanes of at least 4 members (excludes halogenated alkanes) is 4. The molecule has 0 amide bonds. The van der Waals surface area contributed by atoms with Gasteiger partial charge in [-0.15, -0.1) is 0 Å². The second kappa shape index (κ2) is 9.94. The summed E-state index contributed by atoms with van der Waals surface area (Å²) < 4.78 is 33.8. The van der Waals surface area contributed by atoms with E-state index in [1.54, 1.807) is 0 Å². The number of hydrogen-bond donors (Lipinski definition) is 2. The van der Waals surface area contributed by atoms with Gasteiger partial charge in [0.15, 0.2) is 0 Å². The van der Waals surface area contributed by atoms with Gasteiger partial charge in [-0.05, 0) is 13.3 Å². The Hall–Kier alpha value is -0.920. The fourth-order valence-corrected chi connectivity index (χ4v) is 1.72. The highest BCUT2D eigenvalue weighted by atomic mass is 32.3. The molecule has 0 saturated carbocycles. The third-order valence-electron chi connectivity index (χ3n) is 2.76. The van der Waals surface area contributed by atoms with Crippen molar-refractivity contribution in [3.63, 3.8) is 0 Å². The molecule has 1 unspecified atom stereocenters. The van der Waals surface area contributed by atoms with Gasteiger partial charge >= 0.3 is 10.4 Å². The molecule has 1 aromatic rings. The van der Waals surface area contributed by atoms with Crippen molar-refractivity contribution in [3.05, 3.63) is 18.7 Å². The summed E-state index contributed by atoms with van der Waals surface area (Å²) in [5, 5.41) is 0. The second-order valence-electron chi connectivity index (χ2n) is 4.51. The zero-order valence-electron chi connectivity index (χ0n) is 11.6. The van der Waals surface area contributed by atoms with Crippen molar-refractivity contribution in [2.75, 3.05) is 0 Å². The van der Waals surface area contributed by atoms with Crippen LogP contribution < -0.4 is 0 Å². The van der Waals surface area contributed by atoms with Crippen LogP contribution in [0.2, 0.25) is 0 Å². The van der Waals surface area contributed by atoms with Gasteiger partial charge in [0.2, 0.25) is 0 Å². The smallest absolute Gasteiger partial charge is 0.335 e. The fraction of sp³-hybridized carbons (Fsp3) is 0.750. The molecule has 0 radical (unpaired) electrons. The Bertz CT molecular complexity index is 395. The summed E-state index contributed by atoms with van der Waals surface area (Å²) in [6, 6.07) is 0.610. The molecule has 0 bridgehead atoms. The molecule has 0 fully saturated rings. The first kappa shape index (κ1) is 18.1. The predicted molar refractivity (Wildman–Crippen MR) is 74.5 cm³/mol. The molecule has 1 rings (SSSR count). The zero-order valence-corrected chi connectivity index (χ0v) is 12.4. The van der Waals surface area contributed by atoms with E-state index in [1.165, 1.54) is 38.5 Å². The highest BCUT2D eigenvalue weighted by Gasteiger charge is 2.02. The number of rotatable bonds is 7. The summed E-state index contributed by atoms with van der Waals surface area (Å²) in [7, 11) is -4.67. The Morgan fingerprint density at radius 3 is 2.26 bits per heavy atom. The summed E-state index contributed by atoms with van der Waals surface area (Å²) >= 11 is 0. The molecule has 0 aliphatic rings. The van der Waals surface area contributed by atoms with E-state index in [9.17, 15) is 0 Å². The largest absolute Gasteiger partial charge is 0.394 e. The van der Waals surface area contributed by atoms with E-state index in [4.69, 9.17) is 17.5 Å². The van der Waals surface area contributed by atoms with Gasteiger partial charge in [0, 0.05) is 18.4 Å². The Morgan fingerprint density at radius 1 is 1.21 bits per heavy atom. The second-order valence-corrected chi connectivity index (χ2v) is 5.41. The molecule has 0 aromatic carbocycles. The lowest BCUT2D eigenvalue weighted by atomic mass is 10.1. The molecule has 0 spiro atoms. The van der Waals surface area contributed by atoms with E-state index in [0.29, 0.717) is 6.04 Å². The molecular formula is C12H24N2O4S. The molecule has 6 nitrogen and oxygen atoms in total. The molecule has 0 aliphatic carbocycles. The zero-order chi connectivity index (χ0) is 14.7. The molecule has 7 heteroatoms. The van der Waals surface area contributed by atoms with E-state index in [2.05, 4.69) is 29.6 Å². The molecule has 0 aliphatic heterocycles. The standard InChI is InChI=1S/C12H22N2.H2O4S/c1-3-4-5-6-7-8-12(2)14-10-9-13-11-14;1-5(2,3)4/h9-12H,3-8H2,1-2H3;(H2,1,2,3,4). The van der Waals surface area contributed by atoms with Gasteiger partial charge < -0.3 is 4.57 Å². The van der Waals surface area contributed by atoms with Gasteiger partial charge in [-0.3, -0.25) is 9.11 Å². The first-order valence-electron chi connectivity index (χ1n) is 6.52. The summed E-state index contributed by atoms with van der Waals surface area (Å²) in [5.41, 5.74) is 0. The molecule has 112 valence electrons. The van der Waals surface area contributed by atoms with Crippen LogP contribution in [0.15, 0.2) is 18.7 Å². The molecule has 1 aromatic heterocycles. The highest BCUT2D eigenvalue weighted by Crippen LogP contribution is 2.15. The third kappa shape index (κ3) is 13.3. The number of imidazole rings is 1. The van der Waals surface area contributed by atoms with Crippen molar-refractivity contribution in [2.24, 2.45) is 0 Å². The Labute approximate surface area is 115 Å². The van der Waals surface area contributed by atoms with Crippen LogP contribution in [0, 0.1) is 0 Å². The summed E-state index contributed by atoms with van der Waals surface area (Å²) in [6.45, 7) is 4.52. The van der Waals surface area contributed by atoms with E-state index < -0.39 is 10.4 Å². The van der Waals surface area contributed by atoms with Gasteiger partial charge in [-0.25, -0.2) is 4.98 Å². The average molecular weight is 292 g/mol. The summed E-state index contributed by atoms with van der Waals surface area (Å²) in [5.74, 6) is 0. The molecular weight excluding hydrogens is 268 g/mol. The van der Waals surface area contributed by atoms with Gasteiger partial charge in [0.05, 0.1) is 6.33 Å². The van der Waals surface area contributed by atoms with E-state index in [1.807, 2.05) is 12.5 Å². The predicted octanol–water partition coefficient (Wildman–Crippen LogP) is 3.15. The van der Waals surface area contributed by atoms with Gasteiger partial charge in [0.25, 0.3) is 0 Å². The van der Waals surface area contributed by atoms with Gasteiger partial charge in [0.1, 0.15) is 0 Å². The Kier molecular flexibility index (Phi) is 9.46. The molecule has 2 N–H and O–H groups in total. The van der Waals surface area contributed by atoms with Crippen LogP contribution in [0.1, 0.15) is 58.4 Å². The fourth-order valence-electron chi connectivity index (χ4n) is 1.72. The maximum atomic E-state index is 8.74. The van der Waals surface area contributed by atoms with Crippen LogP contribution in [0.5, 0.6) is 0 Å². The Balaban J connectivity index is 0.000000555. The van der Waals surface area contributed by atoms with Crippen LogP contribution in [0.4, 0.5) is 0 Å². The number of aromatic nitrogens is 2. The monoisotopic (exact) mass is 292 g/mol. The maximum Gasteiger partial charge on any atom is 0.394 e. The van der Waals surface area contributed by atoms with Crippen molar-refractivity contribution < 1.29 is 17.5 Å². The van der Waals surface area contributed by atoms with Crippen molar-refractivity contribution in [2.45, 2.75) is 58.4 Å². The van der Waals surface area contributed by atoms with Crippen LogP contribution >= 0.6 is 0 Å². The Morgan fingerprint density at radius 2 is 1.79 bits per heavy atom. The molecule has 0 saturated heterocycles. The number of hydrogen-bond acceptors (Lipinski definition) is 3. The number of nitrogens with zero attached hydrogens (tertiary/aromatic N) is 2. The minimum Gasteiger partial charge on any atom is -0.335 e. The van der Waals surface area contributed by atoms with E-state index in [-0.39, 0.29) is 0 Å². The van der Waals surface area contributed by atoms with Crippen molar-refractivity contribution in [3.8, 4) is 0 Å². The van der Waals surface area contributed by atoms with Crippen LogP contribution in [0.3, 0.4) is 0 Å². The highest BCUT2D eigenvalue weighted by molar-refractivity contribution is 7.79.